The van der Waals surface area contributed by atoms with E-state index in [1.165, 1.54) is 7.11 Å². The molecule has 2 aromatic carbocycles. The largest absolute Gasteiger partial charge is 0.497 e. The molecule has 6 nitrogen and oxygen atoms in total. The van der Waals surface area contributed by atoms with Crippen molar-refractivity contribution in [3.05, 3.63) is 85.0 Å². The van der Waals surface area contributed by atoms with Crippen LogP contribution in [0, 0.1) is 0 Å². The van der Waals surface area contributed by atoms with Crippen molar-refractivity contribution >= 4 is 11.9 Å². The summed E-state index contributed by atoms with van der Waals surface area (Å²) in [5.74, 6) is 1.89. The second kappa shape index (κ2) is 10.8. The quantitative estimate of drug-likeness (QED) is 0.293. The van der Waals surface area contributed by atoms with Gasteiger partial charge in [-0.15, -0.1) is 0 Å². The predicted octanol–water partition coefficient (Wildman–Crippen LogP) is 5.80. The Morgan fingerprint density at radius 2 is 1.59 bits per heavy atom. The first kappa shape index (κ1) is 24.7. The molecule has 178 valence electrons. The van der Waals surface area contributed by atoms with E-state index in [-0.39, 0.29) is 25.6 Å². The normalized spacial score (nSPS) is 13.1. The molecule has 0 saturated heterocycles. The van der Waals surface area contributed by atoms with Crippen molar-refractivity contribution in [3.8, 4) is 28.7 Å². The highest BCUT2D eigenvalue weighted by Gasteiger charge is 2.32. The summed E-state index contributed by atoms with van der Waals surface area (Å²) in [7, 11) is 1.54. The first-order valence-corrected chi connectivity index (χ1v) is 10.9. The van der Waals surface area contributed by atoms with Crippen LogP contribution in [0.3, 0.4) is 0 Å². The van der Waals surface area contributed by atoms with Crippen LogP contribution in [0.25, 0.3) is 6.08 Å². The summed E-state index contributed by atoms with van der Waals surface area (Å²) in [6, 6.07) is 6.69. The highest BCUT2D eigenvalue weighted by Crippen LogP contribution is 2.47. The highest BCUT2D eigenvalue weighted by molar-refractivity contribution is 6.13. The van der Waals surface area contributed by atoms with Gasteiger partial charge in [0.25, 0.3) is 0 Å². The average molecular weight is 463 g/mol. The Kier molecular flexibility index (Phi) is 7.84. The number of methoxy groups -OCH3 is 1. The van der Waals surface area contributed by atoms with Crippen molar-refractivity contribution in [2.75, 3.05) is 26.9 Å². The van der Waals surface area contributed by atoms with E-state index in [0.717, 1.165) is 0 Å². The number of carbonyl (C=O) groups excluding carboxylic acids is 1. The van der Waals surface area contributed by atoms with Crippen LogP contribution >= 0.6 is 0 Å². The van der Waals surface area contributed by atoms with E-state index in [2.05, 4.69) is 19.7 Å². The smallest absolute Gasteiger partial charge is 0.200 e. The zero-order valence-corrected chi connectivity index (χ0v) is 19.9. The molecule has 0 N–H and O–H groups in total. The second-order valence-electron chi connectivity index (χ2n) is 8.02. The SMILES string of the molecule is C=CCOc1ccc(OC)cc1C(=O)c1cc(OCC=C)c2c(c1OCC=C)C=CC(C)(C)O2. The van der Waals surface area contributed by atoms with E-state index in [1.807, 2.05) is 26.0 Å². The molecule has 1 heterocycles. The molecule has 0 aliphatic carbocycles. The van der Waals surface area contributed by atoms with Gasteiger partial charge in [0.2, 0.25) is 5.78 Å². The minimum Gasteiger partial charge on any atom is -0.497 e. The van der Waals surface area contributed by atoms with Crippen molar-refractivity contribution in [3.63, 3.8) is 0 Å². The Hall–Kier alpha value is -3.93. The third kappa shape index (κ3) is 5.34. The number of hydrogen-bond donors (Lipinski definition) is 0. The van der Waals surface area contributed by atoms with Crippen LogP contribution < -0.4 is 23.7 Å². The first-order chi connectivity index (χ1) is 16.3. The fraction of sp³-hybridized carbons (Fsp3) is 0.250. The van der Waals surface area contributed by atoms with Crippen LogP contribution in [0.4, 0.5) is 0 Å². The maximum absolute atomic E-state index is 13.9. The van der Waals surface area contributed by atoms with Crippen molar-refractivity contribution < 1.29 is 28.5 Å². The Morgan fingerprint density at radius 1 is 0.941 bits per heavy atom. The maximum atomic E-state index is 13.9. The van der Waals surface area contributed by atoms with Gasteiger partial charge < -0.3 is 23.7 Å². The van der Waals surface area contributed by atoms with Gasteiger partial charge in [0.15, 0.2) is 11.5 Å². The van der Waals surface area contributed by atoms with Gasteiger partial charge in [-0.25, -0.2) is 0 Å². The molecule has 3 rings (SSSR count). The van der Waals surface area contributed by atoms with Crippen LogP contribution in [0.5, 0.6) is 28.7 Å². The molecule has 0 aromatic heterocycles. The number of hydrogen-bond acceptors (Lipinski definition) is 6. The second-order valence-corrected chi connectivity index (χ2v) is 8.02. The highest BCUT2D eigenvalue weighted by atomic mass is 16.5. The summed E-state index contributed by atoms with van der Waals surface area (Å²) in [5, 5.41) is 0. The van der Waals surface area contributed by atoms with Gasteiger partial charge in [0, 0.05) is 0 Å². The van der Waals surface area contributed by atoms with Crippen LogP contribution in [-0.4, -0.2) is 38.3 Å². The first-order valence-electron chi connectivity index (χ1n) is 10.9. The summed E-state index contributed by atoms with van der Waals surface area (Å²) in [6.07, 6.45) is 8.65. The molecule has 0 amide bonds. The van der Waals surface area contributed by atoms with E-state index in [0.29, 0.717) is 45.4 Å². The van der Waals surface area contributed by atoms with Crippen molar-refractivity contribution in [2.45, 2.75) is 19.4 Å². The molecular weight excluding hydrogens is 432 g/mol. The van der Waals surface area contributed by atoms with Crippen LogP contribution in [0.15, 0.2) is 68.3 Å². The molecule has 2 aromatic rings. The topological polar surface area (TPSA) is 63.2 Å². The average Bonchev–Trinajstić information content (AvgIpc) is 2.83. The van der Waals surface area contributed by atoms with Gasteiger partial charge in [-0.1, -0.05) is 38.0 Å². The number of benzene rings is 2. The standard InChI is InChI=1S/C28H30O6/c1-7-14-31-23-11-10-19(30-6)17-21(23)25(29)22-18-24(32-15-8-2)27-20(26(22)33-16-9-3)12-13-28(4,5)34-27/h7-13,17-18H,1-3,14-16H2,4-6H3. The lowest BCUT2D eigenvalue weighted by molar-refractivity contribution is 0.103. The molecule has 0 bridgehead atoms. The van der Waals surface area contributed by atoms with E-state index in [9.17, 15) is 4.79 Å². The molecule has 0 radical (unpaired) electrons. The maximum Gasteiger partial charge on any atom is 0.200 e. The van der Waals surface area contributed by atoms with E-state index in [1.54, 1.807) is 42.5 Å². The van der Waals surface area contributed by atoms with Crippen molar-refractivity contribution in [2.24, 2.45) is 0 Å². The van der Waals surface area contributed by atoms with Gasteiger partial charge in [-0.2, -0.15) is 0 Å². The zero-order chi connectivity index (χ0) is 24.7. The Balaban J connectivity index is 2.24. The molecule has 0 spiro atoms. The summed E-state index contributed by atoms with van der Waals surface area (Å²) in [6.45, 7) is 15.7. The third-order valence-corrected chi connectivity index (χ3v) is 4.98. The fourth-order valence-corrected chi connectivity index (χ4v) is 3.44. The number of ketones is 1. The summed E-state index contributed by atoms with van der Waals surface area (Å²) in [4.78, 5) is 13.9. The molecule has 34 heavy (non-hydrogen) atoms. The number of rotatable bonds is 12. The molecule has 0 fully saturated rings. The van der Waals surface area contributed by atoms with Crippen LogP contribution in [-0.2, 0) is 0 Å². The van der Waals surface area contributed by atoms with Gasteiger partial charge in [0.05, 0.1) is 23.8 Å². The fourth-order valence-electron chi connectivity index (χ4n) is 3.44. The monoisotopic (exact) mass is 462 g/mol. The minimum atomic E-state index is -0.557. The Labute approximate surface area is 200 Å². The molecule has 1 aliphatic heterocycles. The van der Waals surface area contributed by atoms with Crippen LogP contribution in [0.1, 0.15) is 35.3 Å². The summed E-state index contributed by atoms with van der Waals surface area (Å²) in [5.41, 5.74) is 0.672. The minimum absolute atomic E-state index is 0.203. The lowest BCUT2D eigenvalue weighted by Crippen LogP contribution is -2.28. The third-order valence-electron chi connectivity index (χ3n) is 4.98. The van der Waals surface area contributed by atoms with Crippen molar-refractivity contribution in [1.82, 2.24) is 0 Å². The molecule has 0 saturated carbocycles. The van der Waals surface area contributed by atoms with Gasteiger partial charge in [-0.05, 0) is 50.3 Å². The number of fused-ring (bicyclic) bond motifs is 1. The zero-order valence-electron chi connectivity index (χ0n) is 19.9. The molecule has 0 unspecified atom stereocenters. The molecule has 0 atom stereocenters. The summed E-state index contributed by atoms with van der Waals surface area (Å²) >= 11 is 0. The predicted molar refractivity (Wildman–Crippen MR) is 134 cm³/mol. The molecule has 6 heteroatoms. The summed E-state index contributed by atoms with van der Waals surface area (Å²) < 4.78 is 29.2. The molecular formula is C28H30O6. The number of carbonyl (C=O) groups is 1. The lowest BCUT2D eigenvalue weighted by atomic mass is 9.94. The Bertz CT molecular complexity index is 1130. The Morgan fingerprint density at radius 3 is 2.24 bits per heavy atom. The van der Waals surface area contributed by atoms with E-state index in [4.69, 9.17) is 23.7 Å². The molecule has 1 aliphatic rings. The van der Waals surface area contributed by atoms with Crippen molar-refractivity contribution in [1.29, 1.82) is 0 Å². The van der Waals surface area contributed by atoms with Gasteiger partial charge >= 0.3 is 0 Å². The number of ether oxygens (including phenoxy) is 5. The van der Waals surface area contributed by atoms with E-state index >= 15 is 0 Å². The van der Waals surface area contributed by atoms with Crippen LogP contribution in [0.2, 0.25) is 0 Å². The van der Waals surface area contributed by atoms with E-state index < -0.39 is 5.60 Å². The van der Waals surface area contributed by atoms with Gasteiger partial charge in [-0.3, -0.25) is 4.79 Å². The van der Waals surface area contributed by atoms with Gasteiger partial charge in [0.1, 0.15) is 42.7 Å². The lowest BCUT2D eigenvalue weighted by Gasteiger charge is -2.31.